The summed E-state index contributed by atoms with van der Waals surface area (Å²) in [7, 11) is 0. The van der Waals surface area contributed by atoms with Gasteiger partial charge in [-0.15, -0.1) is 0 Å². The Balaban J connectivity index is 1.68. The van der Waals surface area contributed by atoms with Gasteiger partial charge in [0.1, 0.15) is 11.6 Å². The molecule has 1 N–H and O–H groups in total. The van der Waals surface area contributed by atoms with Crippen LogP contribution < -0.4 is 10.2 Å². The molecule has 0 aliphatic carbocycles. The number of nitrogens with zero attached hydrogens (tertiary/aromatic N) is 2. The lowest BCUT2D eigenvalue weighted by molar-refractivity contribution is 0.102. The molecule has 1 aliphatic heterocycles. The van der Waals surface area contributed by atoms with Crippen molar-refractivity contribution in [2.24, 2.45) is 5.92 Å². The van der Waals surface area contributed by atoms with Crippen molar-refractivity contribution in [2.75, 3.05) is 23.3 Å². The molecule has 1 fully saturated rings. The van der Waals surface area contributed by atoms with E-state index in [-0.39, 0.29) is 5.56 Å². The van der Waals surface area contributed by atoms with Gasteiger partial charge in [-0.1, -0.05) is 19.1 Å². The van der Waals surface area contributed by atoms with Gasteiger partial charge in [0.15, 0.2) is 0 Å². The van der Waals surface area contributed by atoms with Gasteiger partial charge in [-0.3, -0.25) is 4.79 Å². The molecule has 0 spiro atoms. The number of hydrogen-bond acceptors (Lipinski definition) is 3. The molecule has 1 aromatic carbocycles. The summed E-state index contributed by atoms with van der Waals surface area (Å²) in [6.07, 6.45) is 4.05. The first-order valence-electron chi connectivity index (χ1n) is 7.90. The number of nitrogens with one attached hydrogen (secondary N) is 1. The standard InChI is InChI=1S/C18H20FN3O/c1-13-5-4-10-22(12-13)17-9-8-14(11-20-17)21-18(23)15-6-2-3-7-16(15)19/h2-3,6-9,11,13H,4-5,10,12H2,1H3,(H,21,23). The molecule has 1 atom stereocenters. The lowest BCUT2D eigenvalue weighted by Crippen LogP contribution is -2.34. The normalized spacial score (nSPS) is 17.8. The first-order chi connectivity index (χ1) is 11.1. The van der Waals surface area contributed by atoms with E-state index in [1.54, 1.807) is 24.4 Å². The number of benzene rings is 1. The molecule has 1 saturated heterocycles. The van der Waals surface area contributed by atoms with Crippen molar-refractivity contribution >= 4 is 17.4 Å². The van der Waals surface area contributed by atoms with Gasteiger partial charge in [0.2, 0.25) is 0 Å². The number of rotatable bonds is 3. The quantitative estimate of drug-likeness (QED) is 0.939. The summed E-state index contributed by atoms with van der Waals surface area (Å²) in [4.78, 5) is 18.8. The van der Waals surface area contributed by atoms with Gasteiger partial charge in [0.05, 0.1) is 17.4 Å². The Bertz CT molecular complexity index is 687. The first-order valence-corrected chi connectivity index (χ1v) is 7.90. The third kappa shape index (κ3) is 3.67. The Morgan fingerprint density at radius 1 is 1.30 bits per heavy atom. The molecule has 1 amide bonds. The number of amides is 1. The van der Waals surface area contributed by atoms with Crippen molar-refractivity contribution in [1.29, 1.82) is 0 Å². The van der Waals surface area contributed by atoms with Crippen LogP contribution in [0.4, 0.5) is 15.9 Å². The fourth-order valence-electron chi connectivity index (χ4n) is 2.89. The molecule has 1 aliphatic rings. The van der Waals surface area contributed by atoms with Gasteiger partial charge < -0.3 is 10.2 Å². The van der Waals surface area contributed by atoms with E-state index in [4.69, 9.17) is 0 Å². The molecule has 4 nitrogen and oxygen atoms in total. The van der Waals surface area contributed by atoms with E-state index in [0.717, 1.165) is 18.9 Å². The minimum atomic E-state index is -0.531. The van der Waals surface area contributed by atoms with Crippen LogP contribution in [0.3, 0.4) is 0 Å². The third-order valence-electron chi connectivity index (χ3n) is 4.11. The van der Waals surface area contributed by atoms with Crippen molar-refractivity contribution < 1.29 is 9.18 Å². The van der Waals surface area contributed by atoms with Gasteiger partial charge >= 0.3 is 0 Å². The summed E-state index contributed by atoms with van der Waals surface area (Å²) in [5.41, 5.74) is 0.591. The molecule has 5 heteroatoms. The average Bonchev–Trinajstić information content (AvgIpc) is 2.56. The maximum atomic E-state index is 13.6. The van der Waals surface area contributed by atoms with E-state index >= 15 is 0 Å². The topological polar surface area (TPSA) is 45.2 Å². The van der Waals surface area contributed by atoms with E-state index < -0.39 is 11.7 Å². The number of hydrogen-bond donors (Lipinski definition) is 1. The summed E-state index contributed by atoms with van der Waals surface area (Å²) in [6.45, 7) is 4.27. The lowest BCUT2D eigenvalue weighted by Gasteiger charge is -2.31. The van der Waals surface area contributed by atoms with Gasteiger partial charge in [-0.25, -0.2) is 9.37 Å². The fraction of sp³-hybridized carbons (Fsp3) is 0.333. The van der Waals surface area contributed by atoms with Crippen LogP contribution in [0.1, 0.15) is 30.1 Å². The molecule has 2 heterocycles. The first kappa shape index (κ1) is 15.5. The summed E-state index contributed by atoms with van der Waals surface area (Å²) in [5.74, 6) is 0.590. The average molecular weight is 313 g/mol. The van der Waals surface area contributed by atoms with Crippen LogP contribution in [0.5, 0.6) is 0 Å². The molecule has 1 unspecified atom stereocenters. The van der Waals surface area contributed by atoms with Crippen molar-refractivity contribution in [1.82, 2.24) is 4.98 Å². The largest absolute Gasteiger partial charge is 0.356 e. The Morgan fingerprint density at radius 2 is 2.13 bits per heavy atom. The van der Waals surface area contributed by atoms with E-state index in [2.05, 4.69) is 22.1 Å². The minimum absolute atomic E-state index is 0.0291. The Kier molecular flexibility index (Phi) is 4.55. The zero-order valence-corrected chi connectivity index (χ0v) is 13.1. The predicted octanol–water partition coefficient (Wildman–Crippen LogP) is 3.71. The second-order valence-corrected chi connectivity index (χ2v) is 6.03. The smallest absolute Gasteiger partial charge is 0.258 e. The Hall–Kier alpha value is -2.43. The summed E-state index contributed by atoms with van der Waals surface area (Å²) < 4.78 is 13.6. The SMILES string of the molecule is CC1CCCN(c2ccc(NC(=O)c3ccccc3F)cn2)C1. The molecule has 23 heavy (non-hydrogen) atoms. The van der Waals surface area contributed by atoms with Gasteiger partial charge in [-0.2, -0.15) is 0 Å². The van der Waals surface area contributed by atoms with Gasteiger partial charge in [0, 0.05) is 13.1 Å². The molecular weight excluding hydrogens is 293 g/mol. The van der Waals surface area contributed by atoms with E-state index in [1.807, 2.05) is 6.07 Å². The van der Waals surface area contributed by atoms with Crippen LogP contribution in [0.2, 0.25) is 0 Å². The summed E-state index contributed by atoms with van der Waals surface area (Å²) >= 11 is 0. The van der Waals surface area contributed by atoms with E-state index in [9.17, 15) is 9.18 Å². The zero-order chi connectivity index (χ0) is 16.2. The number of carbonyl (C=O) groups is 1. The van der Waals surface area contributed by atoms with Crippen LogP contribution in [0, 0.1) is 11.7 Å². The third-order valence-corrected chi connectivity index (χ3v) is 4.11. The number of piperidine rings is 1. The highest BCUT2D eigenvalue weighted by Gasteiger charge is 2.17. The highest BCUT2D eigenvalue weighted by atomic mass is 19.1. The molecule has 0 radical (unpaired) electrons. The maximum absolute atomic E-state index is 13.6. The number of pyridine rings is 1. The molecule has 0 bridgehead atoms. The van der Waals surface area contributed by atoms with E-state index in [1.165, 1.54) is 25.0 Å². The van der Waals surface area contributed by atoms with Crippen LogP contribution in [-0.2, 0) is 0 Å². The van der Waals surface area contributed by atoms with Crippen LogP contribution >= 0.6 is 0 Å². The molecular formula is C18H20FN3O. The molecule has 120 valence electrons. The monoisotopic (exact) mass is 313 g/mol. The fourth-order valence-corrected chi connectivity index (χ4v) is 2.89. The second-order valence-electron chi connectivity index (χ2n) is 6.03. The lowest BCUT2D eigenvalue weighted by atomic mass is 10.0. The highest BCUT2D eigenvalue weighted by Crippen LogP contribution is 2.22. The van der Waals surface area contributed by atoms with Gasteiger partial charge in [0.25, 0.3) is 5.91 Å². The van der Waals surface area contributed by atoms with Crippen LogP contribution in [0.15, 0.2) is 42.6 Å². The van der Waals surface area contributed by atoms with Crippen LogP contribution in [0.25, 0.3) is 0 Å². The Morgan fingerprint density at radius 3 is 2.83 bits per heavy atom. The molecule has 3 rings (SSSR count). The molecule has 0 saturated carbocycles. The van der Waals surface area contributed by atoms with Crippen molar-refractivity contribution in [3.63, 3.8) is 0 Å². The van der Waals surface area contributed by atoms with Crippen LogP contribution in [-0.4, -0.2) is 24.0 Å². The predicted molar refractivity (Wildman–Crippen MR) is 89.2 cm³/mol. The van der Waals surface area contributed by atoms with Crippen molar-refractivity contribution in [2.45, 2.75) is 19.8 Å². The van der Waals surface area contributed by atoms with Crippen molar-refractivity contribution in [3.05, 3.63) is 54.0 Å². The molecule has 1 aromatic heterocycles. The molecule has 2 aromatic rings. The second kappa shape index (κ2) is 6.77. The van der Waals surface area contributed by atoms with Crippen molar-refractivity contribution in [3.8, 4) is 0 Å². The number of halogens is 1. The number of carbonyl (C=O) groups excluding carboxylic acids is 1. The van der Waals surface area contributed by atoms with Gasteiger partial charge in [-0.05, 0) is 43.0 Å². The Labute approximate surface area is 135 Å². The summed E-state index contributed by atoms with van der Waals surface area (Å²) in [5, 5.41) is 2.68. The van der Waals surface area contributed by atoms with E-state index in [0.29, 0.717) is 11.6 Å². The highest BCUT2D eigenvalue weighted by molar-refractivity contribution is 6.04. The maximum Gasteiger partial charge on any atom is 0.258 e. The zero-order valence-electron chi connectivity index (χ0n) is 13.1. The number of aromatic nitrogens is 1. The minimum Gasteiger partial charge on any atom is -0.356 e. The number of anilines is 2. The summed E-state index contributed by atoms with van der Waals surface area (Å²) in [6, 6.07) is 9.63.